The van der Waals surface area contributed by atoms with Crippen LogP contribution in [0.25, 0.3) is 0 Å². The second kappa shape index (κ2) is 3.61. The molecule has 0 aliphatic rings. The van der Waals surface area contributed by atoms with Crippen LogP contribution in [0.15, 0.2) is 0 Å². The van der Waals surface area contributed by atoms with Gasteiger partial charge in [-0.15, -0.1) is 0 Å². The zero-order chi connectivity index (χ0) is 5.70. The average Bonchev–Trinajstić information content (AvgIpc) is 1.68. The summed E-state index contributed by atoms with van der Waals surface area (Å²) in [6, 6.07) is 0. The first-order chi connectivity index (χ1) is 3.31. The van der Waals surface area contributed by atoms with Crippen molar-refractivity contribution in [2.45, 2.75) is 19.8 Å². The van der Waals surface area contributed by atoms with Crippen LogP contribution >= 0.6 is 0 Å². The lowest BCUT2D eigenvalue weighted by Gasteiger charge is -1.87. The molecule has 0 saturated heterocycles. The van der Waals surface area contributed by atoms with Gasteiger partial charge in [-0.25, -0.2) is 5.84 Å². The van der Waals surface area contributed by atoms with Gasteiger partial charge in [0.1, 0.15) is 0 Å². The van der Waals surface area contributed by atoms with Crippen molar-refractivity contribution >= 4 is 5.91 Å². The van der Waals surface area contributed by atoms with E-state index in [0.717, 1.165) is 6.42 Å². The van der Waals surface area contributed by atoms with Crippen molar-refractivity contribution in [1.29, 1.82) is 0 Å². The number of carbonyl (C=O) groups is 1. The summed E-state index contributed by atoms with van der Waals surface area (Å²) in [5.74, 6) is 4.41. The molecule has 0 aliphatic carbocycles. The Bertz CT molecular complexity index is 62.7. The topological polar surface area (TPSA) is 57.2 Å². The Kier molecular flexibility index (Phi) is 3.32. The fraction of sp³-hybridized carbons (Fsp3) is 0.750. The highest BCUT2D eigenvalue weighted by molar-refractivity contribution is 5.74. The predicted molar refractivity (Wildman–Crippen MR) is 26.2 cm³/mol. The third-order valence-corrected chi connectivity index (χ3v) is 0.608. The van der Waals surface area contributed by atoms with E-state index in [2.05, 4.69) is 11.3 Å². The third kappa shape index (κ3) is 3.26. The van der Waals surface area contributed by atoms with E-state index in [-0.39, 0.29) is 5.91 Å². The number of hydrogen-bond donors (Lipinski definition) is 1. The molecule has 3 nitrogen and oxygen atoms in total. The molecule has 0 aromatic heterocycles. The Morgan fingerprint density at radius 2 is 2.43 bits per heavy atom. The Labute approximate surface area is 42.9 Å². The van der Waals surface area contributed by atoms with Crippen LogP contribution in [-0.4, -0.2) is 5.91 Å². The standard InChI is InChI=1S/C4H9N2O/c1-2-3-4(7)6-5/h2-3,5H2,1H3. The molecule has 0 aliphatic heterocycles. The number of carbonyl (C=O) groups excluding carboxylic acids is 1. The Morgan fingerprint density at radius 3 is 2.57 bits per heavy atom. The molecule has 0 heterocycles. The van der Waals surface area contributed by atoms with Gasteiger partial charge in [-0.3, -0.25) is 4.79 Å². The quantitative estimate of drug-likeness (QED) is 0.297. The summed E-state index contributed by atoms with van der Waals surface area (Å²) < 4.78 is 0. The maximum atomic E-state index is 10.1. The van der Waals surface area contributed by atoms with Crippen LogP contribution in [0.2, 0.25) is 0 Å². The third-order valence-electron chi connectivity index (χ3n) is 0.608. The molecule has 0 aromatic rings. The molecule has 0 saturated carbocycles. The van der Waals surface area contributed by atoms with E-state index in [4.69, 9.17) is 0 Å². The van der Waals surface area contributed by atoms with E-state index in [0.29, 0.717) is 6.42 Å². The molecule has 41 valence electrons. The average molecular weight is 101 g/mol. The molecule has 0 fully saturated rings. The molecule has 1 radical (unpaired) electrons. The summed E-state index contributed by atoms with van der Waals surface area (Å²) in [5, 5.41) is 0. The van der Waals surface area contributed by atoms with Gasteiger partial charge in [-0.05, 0) is 6.42 Å². The van der Waals surface area contributed by atoms with E-state index >= 15 is 0 Å². The number of rotatable bonds is 2. The van der Waals surface area contributed by atoms with Crippen molar-refractivity contribution in [3.05, 3.63) is 0 Å². The van der Waals surface area contributed by atoms with Gasteiger partial charge in [0.15, 0.2) is 0 Å². The SMILES string of the molecule is CCCC(=O)[N]N. The fourth-order valence-electron chi connectivity index (χ4n) is 0.278. The lowest BCUT2D eigenvalue weighted by molar-refractivity contribution is -0.121. The van der Waals surface area contributed by atoms with Crippen LogP contribution in [-0.2, 0) is 4.79 Å². The van der Waals surface area contributed by atoms with Crippen LogP contribution in [0.1, 0.15) is 19.8 Å². The molecule has 1 amide bonds. The minimum absolute atomic E-state index is 0.220. The number of nitrogens with zero attached hydrogens (tertiary/aromatic N) is 1. The van der Waals surface area contributed by atoms with Gasteiger partial charge in [0.05, 0.1) is 0 Å². The monoisotopic (exact) mass is 101 g/mol. The summed E-state index contributed by atoms with van der Waals surface area (Å²) >= 11 is 0. The highest BCUT2D eigenvalue weighted by atomic mass is 16.2. The smallest absolute Gasteiger partial charge is 0.257 e. The lowest BCUT2D eigenvalue weighted by Crippen LogP contribution is -2.20. The summed E-state index contributed by atoms with van der Waals surface area (Å²) in [6.07, 6.45) is 1.29. The molecule has 3 heteroatoms. The van der Waals surface area contributed by atoms with Gasteiger partial charge in [-0.2, -0.15) is 5.43 Å². The van der Waals surface area contributed by atoms with Gasteiger partial charge in [-0.1, -0.05) is 6.92 Å². The number of amides is 1. The molecule has 0 unspecified atom stereocenters. The highest BCUT2D eigenvalue weighted by Crippen LogP contribution is 1.82. The van der Waals surface area contributed by atoms with E-state index in [1.807, 2.05) is 6.92 Å². The zero-order valence-corrected chi connectivity index (χ0v) is 4.35. The molecule has 0 aromatic carbocycles. The van der Waals surface area contributed by atoms with Crippen molar-refractivity contribution in [2.75, 3.05) is 0 Å². The molecule has 7 heavy (non-hydrogen) atoms. The van der Waals surface area contributed by atoms with Gasteiger partial charge >= 0.3 is 0 Å². The lowest BCUT2D eigenvalue weighted by atomic mass is 10.3. The van der Waals surface area contributed by atoms with E-state index in [1.54, 1.807) is 0 Å². The largest absolute Gasteiger partial charge is 0.271 e. The van der Waals surface area contributed by atoms with Gasteiger partial charge in [0, 0.05) is 6.42 Å². The normalized spacial score (nSPS) is 8.29. The van der Waals surface area contributed by atoms with Gasteiger partial charge in [0.25, 0.3) is 5.91 Å². The predicted octanol–water partition coefficient (Wildman–Crippen LogP) is -0.209. The maximum absolute atomic E-state index is 10.1. The van der Waals surface area contributed by atoms with Crippen LogP contribution in [0.3, 0.4) is 0 Å². The minimum atomic E-state index is -0.220. The Balaban J connectivity index is 3.00. The number of nitrogens with two attached hydrogens (primary N) is 1. The second-order valence-electron chi connectivity index (χ2n) is 1.27. The van der Waals surface area contributed by atoms with Crippen LogP contribution < -0.4 is 11.3 Å². The van der Waals surface area contributed by atoms with Crippen LogP contribution in [0.4, 0.5) is 0 Å². The zero-order valence-electron chi connectivity index (χ0n) is 4.35. The van der Waals surface area contributed by atoms with Gasteiger partial charge < -0.3 is 0 Å². The summed E-state index contributed by atoms with van der Waals surface area (Å²) in [5.41, 5.74) is 2.94. The van der Waals surface area contributed by atoms with E-state index in [9.17, 15) is 4.79 Å². The molecule has 0 bridgehead atoms. The van der Waals surface area contributed by atoms with Crippen LogP contribution in [0, 0.1) is 0 Å². The maximum Gasteiger partial charge on any atom is 0.257 e. The summed E-state index contributed by atoms with van der Waals surface area (Å²) in [4.78, 5) is 10.1. The first-order valence-electron chi connectivity index (χ1n) is 2.25. The summed E-state index contributed by atoms with van der Waals surface area (Å²) in [7, 11) is 0. The minimum Gasteiger partial charge on any atom is -0.271 e. The van der Waals surface area contributed by atoms with Crippen molar-refractivity contribution in [1.82, 2.24) is 5.43 Å². The molecule has 0 rings (SSSR count). The highest BCUT2D eigenvalue weighted by Gasteiger charge is 1.93. The molecule has 0 spiro atoms. The van der Waals surface area contributed by atoms with E-state index < -0.39 is 0 Å². The Hall–Kier alpha value is -0.570. The van der Waals surface area contributed by atoms with Crippen molar-refractivity contribution in [3.63, 3.8) is 0 Å². The van der Waals surface area contributed by atoms with Crippen molar-refractivity contribution in [3.8, 4) is 0 Å². The summed E-state index contributed by atoms with van der Waals surface area (Å²) in [6.45, 7) is 1.91. The van der Waals surface area contributed by atoms with E-state index in [1.165, 1.54) is 0 Å². The number of hydrogen-bond acceptors (Lipinski definition) is 2. The van der Waals surface area contributed by atoms with Crippen molar-refractivity contribution in [2.24, 2.45) is 5.84 Å². The molecular weight excluding hydrogens is 92.1 g/mol. The first-order valence-corrected chi connectivity index (χ1v) is 2.25. The molecule has 0 atom stereocenters. The molecule has 2 N–H and O–H groups in total. The van der Waals surface area contributed by atoms with Crippen LogP contribution in [0.5, 0.6) is 0 Å². The van der Waals surface area contributed by atoms with Gasteiger partial charge in [0.2, 0.25) is 0 Å². The first kappa shape index (κ1) is 6.43. The Morgan fingerprint density at radius 1 is 1.86 bits per heavy atom. The van der Waals surface area contributed by atoms with Crippen molar-refractivity contribution < 1.29 is 4.79 Å². The second-order valence-corrected chi connectivity index (χ2v) is 1.27. The molecular formula is C4H9N2O. The fourth-order valence-corrected chi connectivity index (χ4v) is 0.278.